The molecule has 0 aliphatic carbocycles. The van der Waals surface area contributed by atoms with Crippen molar-refractivity contribution in [2.75, 3.05) is 50.0 Å². The monoisotopic (exact) mass is 618 g/mol. The molecule has 0 unspecified atom stereocenters. The lowest BCUT2D eigenvalue weighted by molar-refractivity contribution is 0.0206. The first-order valence-corrected chi connectivity index (χ1v) is 15.8. The van der Waals surface area contributed by atoms with Crippen LogP contribution in [-0.2, 0) is 16.0 Å². The number of hydrogen-bond acceptors (Lipinski definition) is 12. The molecular weight excluding hydrogens is 580 g/mol. The molecule has 2 N–H and O–H groups in total. The number of piperidine rings is 1. The Bertz CT molecular complexity index is 1550. The van der Waals surface area contributed by atoms with Crippen LogP contribution < -0.4 is 10.6 Å². The van der Waals surface area contributed by atoms with Gasteiger partial charge in [-0.15, -0.1) is 10.2 Å². The molecule has 12 nitrogen and oxygen atoms in total. The molecule has 2 aliphatic rings. The van der Waals surface area contributed by atoms with Crippen molar-refractivity contribution in [2.24, 2.45) is 0 Å². The van der Waals surface area contributed by atoms with Gasteiger partial charge in [-0.05, 0) is 63.4 Å². The quantitative estimate of drug-likeness (QED) is 0.254. The fourth-order valence-corrected chi connectivity index (χ4v) is 5.94. The van der Waals surface area contributed by atoms with Crippen LogP contribution in [0.2, 0.25) is 0 Å². The minimum Gasteiger partial charge on any atom is -0.444 e. The number of hydrogen-bond donors (Lipinski definition) is 2. The molecule has 0 radical (unpaired) electrons. The van der Waals surface area contributed by atoms with Crippen molar-refractivity contribution < 1.29 is 18.7 Å². The summed E-state index contributed by atoms with van der Waals surface area (Å²) in [6, 6.07) is 13.9. The number of ether oxygens (including phenoxy) is 2. The van der Waals surface area contributed by atoms with E-state index >= 15 is 0 Å². The van der Waals surface area contributed by atoms with Crippen molar-refractivity contribution in [3.8, 4) is 22.2 Å². The van der Waals surface area contributed by atoms with E-state index in [0.717, 1.165) is 67.5 Å². The average Bonchev–Trinajstić information content (AvgIpc) is 3.68. The molecule has 2 aliphatic heterocycles. The van der Waals surface area contributed by atoms with Gasteiger partial charge in [-0.3, -0.25) is 4.90 Å². The van der Waals surface area contributed by atoms with Gasteiger partial charge in [-0.1, -0.05) is 29.5 Å². The average molecular weight is 619 g/mol. The largest absolute Gasteiger partial charge is 0.444 e. The molecule has 1 amide bonds. The van der Waals surface area contributed by atoms with Gasteiger partial charge in [-0.25, -0.2) is 14.8 Å². The third kappa shape index (κ3) is 7.90. The van der Waals surface area contributed by atoms with Gasteiger partial charge in [0, 0.05) is 44.3 Å². The highest BCUT2D eigenvalue weighted by Crippen LogP contribution is 2.32. The number of aromatic nitrogens is 4. The van der Waals surface area contributed by atoms with Gasteiger partial charge >= 0.3 is 6.09 Å². The maximum absolute atomic E-state index is 12.7. The maximum atomic E-state index is 12.7. The predicted molar refractivity (Wildman–Crippen MR) is 169 cm³/mol. The summed E-state index contributed by atoms with van der Waals surface area (Å²) in [6.45, 7) is 10.9. The Morgan fingerprint density at radius 1 is 1.07 bits per heavy atom. The molecule has 1 aromatic carbocycles. The Kier molecular flexibility index (Phi) is 9.05. The molecule has 13 heteroatoms. The number of likely N-dealkylation sites (tertiary alicyclic amines) is 1. The zero-order valence-electron chi connectivity index (χ0n) is 25.3. The van der Waals surface area contributed by atoms with E-state index in [2.05, 4.69) is 42.8 Å². The Hall–Kier alpha value is -4.07. The van der Waals surface area contributed by atoms with Crippen LogP contribution in [0.15, 0.2) is 53.1 Å². The third-order valence-corrected chi connectivity index (χ3v) is 8.12. The van der Waals surface area contributed by atoms with E-state index in [0.29, 0.717) is 35.8 Å². The number of pyridine rings is 1. The normalized spacial score (nSPS) is 17.8. The summed E-state index contributed by atoms with van der Waals surface area (Å²) in [5.41, 5.74) is 1.45. The number of carbonyl (C=O) groups is 1. The summed E-state index contributed by atoms with van der Waals surface area (Å²) in [6.07, 6.45) is 3.26. The number of thiazole rings is 1. The van der Waals surface area contributed by atoms with Gasteiger partial charge in [-0.2, -0.15) is 0 Å². The predicted octanol–water partition coefficient (Wildman–Crippen LogP) is 5.64. The second-order valence-corrected chi connectivity index (χ2v) is 13.0. The number of morpholine rings is 1. The number of amides is 1. The van der Waals surface area contributed by atoms with Crippen molar-refractivity contribution in [1.82, 2.24) is 30.0 Å². The van der Waals surface area contributed by atoms with Gasteiger partial charge in [0.25, 0.3) is 5.89 Å². The first-order valence-electron chi connectivity index (χ1n) is 14.9. The van der Waals surface area contributed by atoms with E-state index in [1.54, 1.807) is 11.1 Å². The Morgan fingerprint density at radius 2 is 1.84 bits per heavy atom. The lowest BCUT2D eigenvalue weighted by atomic mass is 10.1. The first-order chi connectivity index (χ1) is 21.3. The van der Waals surface area contributed by atoms with E-state index < -0.39 is 5.60 Å². The van der Waals surface area contributed by atoms with E-state index in [1.807, 2.05) is 51.1 Å². The lowest BCUT2D eigenvalue weighted by Gasteiger charge is -2.34. The Balaban J connectivity index is 1.18. The minimum atomic E-state index is -0.531. The summed E-state index contributed by atoms with van der Waals surface area (Å²) in [5.74, 6) is 2.30. The molecular formula is C31H38N8O4S. The zero-order chi connectivity index (χ0) is 30.5. The van der Waals surface area contributed by atoms with Gasteiger partial charge in [0.15, 0.2) is 5.13 Å². The van der Waals surface area contributed by atoms with Gasteiger partial charge in [0.1, 0.15) is 22.1 Å². The zero-order valence-corrected chi connectivity index (χ0v) is 26.1. The summed E-state index contributed by atoms with van der Waals surface area (Å²) in [4.78, 5) is 27.1. The topological polar surface area (TPSA) is 131 Å². The maximum Gasteiger partial charge on any atom is 0.410 e. The molecule has 4 aromatic rings. The second-order valence-electron chi connectivity index (χ2n) is 12.0. The third-order valence-electron chi connectivity index (χ3n) is 7.22. The summed E-state index contributed by atoms with van der Waals surface area (Å²) >= 11 is 1.42. The number of benzene rings is 1. The number of carbonyl (C=O) groups excluding carboxylic acids is 1. The van der Waals surface area contributed by atoms with Crippen LogP contribution in [0.4, 0.5) is 21.6 Å². The smallest absolute Gasteiger partial charge is 0.410 e. The van der Waals surface area contributed by atoms with Crippen LogP contribution in [0, 0.1) is 0 Å². The summed E-state index contributed by atoms with van der Waals surface area (Å²) < 4.78 is 17.1. The number of rotatable bonds is 8. The minimum absolute atomic E-state index is 0.0538. The van der Waals surface area contributed by atoms with Gasteiger partial charge in [0.2, 0.25) is 5.89 Å². The fourth-order valence-electron chi connectivity index (χ4n) is 5.19. The van der Waals surface area contributed by atoms with E-state index in [4.69, 9.17) is 18.9 Å². The highest BCUT2D eigenvalue weighted by atomic mass is 32.1. The van der Waals surface area contributed by atoms with E-state index in [-0.39, 0.29) is 12.1 Å². The second kappa shape index (κ2) is 13.3. The van der Waals surface area contributed by atoms with E-state index in [9.17, 15) is 4.79 Å². The van der Waals surface area contributed by atoms with Gasteiger partial charge in [0.05, 0.1) is 19.4 Å². The van der Waals surface area contributed by atoms with Crippen molar-refractivity contribution >= 4 is 34.2 Å². The number of anilines is 3. The molecule has 44 heavy (non-hydrogen) atoms. The molecule has 6 rings (SSSR count). The molecule has 2 fully saturated rings. The highest BCUT2D eigenvalue weighted by Gasteiger charge is 2.28. The molecule has 0 saturated carbocycles. The lowest BCUT2D eigenvalue weighted by Crippen LogP contribution is -2.47. The van der Waals surface area contributed by atoms with Crippen molar-refractivity contribution in [1.29, 1.82) is 0 Å². The first kappa shape index (κ1) is 30.0. The number of nitrogens with zero attached hydrogens (tertiary/aromatic N) is 6. The van der Waals surface area contributed by atoms with Crippen molar-refractivity contribution in [2.45, 2.75) is 51.8 Å². The number of nitrogens with one attached hydrogen (secondary N) is 2. The van der Waals surface area contributed by atoms with Crippen LogP contribution in [0.1, 0.15) is 39.2 Å². The van der Waals surface area contributed by atoms with Crippen LogP contribution in [0.25, 0.3) is 22.2 Å². The Labute approximate surface area is 260 Å². The molecule has 2 saturated heterocycles. The van der Waals surface area contributed by atoms with Crippen LogP contribution in [-0.4, -0.2) is 87.1 Å². The summed E-state index contributed by atoms with van der Waals surface area (Å²) in [7, 11) is 0. The molecule has 5 heterocycles. The van der Waals surface area contributed by atoms with E-state index in [1.165, 1.54) is 11.3 Å². The van der Waals surface area contributed by atoms with Gasteiger partial charge < -0.3 is 29.4 Å². The molecule has 3 aromatic heterocycles. The van der Waals surface area contributed by atoms with Crippen LogP contribution in [0.3, 0.4) is 0 Å². The highest BCUT2D eigenvalue weighted by molar-refractivity contribution is 7.18. The SMILES string of the molecule is CC(C)(C)OC(=O)N1CCC[C@H](Nc2cc(CN3CCOCC3)cc(Nc3ncc(-c4nnc(-c5ccccc5)o4)s3)n2)C1. The fraction of sp³-hybridized carbons (Fsp3) is 0.452. The standard InChI is InChI=1S/C31H38N8O4S/c1-31(2,3)43-30(40)39-11-7-10-23(20-39)33-25-16-21(19-38-12-14-41-15-13-38)17-26(34-25)35-29-32-18-24(44-29)28-37-36-27(42-28)22-8-5-4-6-9-22/h4-6,8-9,16-18,23H,7,10-15,19-20H2,1-3H3,(H2,32,33,34,35)/t23-/m0/s1. The van der Waals surface area contributed by atoms with Crippen molar-refractivity contribution in [3.63, 3.8) is 0 Å². The molecule has 0 bridgehead atoms. The van der Waals surface area contributed by atoms with Crippen LogP contribution in [0.5, 0.6) is 0 Å². The molecule has 1 atom stereocenters. The Morgan fingerprint density at radius 3 is 2.64 bits per heavy atom. The van der Waals surface area contributed by atoms with Crippen molar-refractivity contribution in [3.05, 3.63) is 54.2 Å². The molecule has 232 valence electrons. The molecule has 0 spiro atoms. The summed E-state index contributed by atoms with van der Waals surface area (Å²) in [5, 5.41) is 16.1. The van der Waals surface area contributed by atoms with Crippen LogP contribution >= 0.6 is 11.3 Å².